The molecule has 0 spiro atoms. The highest BCUT2D eigenvalue weighted by molar-refractivity contribution is 7.91. The normalized spacial score (nSPS) is 11.2. The fourth-order valence-corrected chi connectivity index (χ4v) is 1.90. The molecule has 0 atom stereocenters. The Morgan fingerprint density at radius 2 is 2.15 bits per heavy atom. The molecule has 0 aliphatic rings. The Morgan fingerprint density at radius 1 is 1.50 bits per heavy atom. The predicted octanol–water partition coefficient (Wildman–Crippen LogP) is -0.241. The van der Waals surface area contributed by atoms with Crippen molar-refractivity contribution in [2.45, 2.75) is 26.5 Å². The summed E-state index contributed by atoms with van der Waals surface area (Å²) in [6.07, 6.45) is 0.686. The Labute approximate surface area is 114 Å². The second-order valence-electron chi connectivity index (χ2n) is 3.98. The van der Waals surface area contributed by atoms with E-state index in [-0.39, 0.29) is 5.69 Å². The van der Waals surface area contributed by atoms with Crippen molar-refractivity contribution in [1.82, 2.24) is 14.5 Å². The van der Waals surface area contributed by atoms with Crippen molar-refractivity contribution in [1.29, 1.82) is 0 Å². The van der Waals surface area contributed by atoms with Crippen molar-refractivity contribution >= 4 is 28.0 Å². The van der Waals surface area contributed by atoms with E-state index in [2.05, 4.69) is 9.84 Å². The lowest BCUT2D eigenvalue weighted by molar-refractivity contribution is -0.137. The highest BCUT2D eigenvalue weighted by Gasteiger charge is 2.17. The lowest BCUT2D eigenvalue weighted by atomic mass is 10.5. The van der Waals surface area contributed by atoms with Gasteiger partial charge in [-0.2, -0.15) is 13.5 Å². The number of rotatable bonds is 6. The van der Waals surface area contributed by atoms with Gasteiger partial charge in [0, 0.05) is 6.20 Å². The highest BCUT2D eigenvalue weighted by atomic mass is 32.2. The smallest absolute Gasteiger partial charge is 0.422 e. The first kappa shape index (κ1) is 15.8. The van der Waals surface area contributed by atoms with Gasteiger partial charge in [-0.25, -0.2) is 9.52 Å². The van der Waals surface area contributed by atoms with Gasteiger partial charge in [0.25, 0.3) is 0 Å². The van der Waals surface area contributed by atoms with E-state index >= 15 is 0 Å². The number of hydrogen-bond donors (Lipinski definition) is 3. The Hall–Kier alpha value is -2.30. The largest absolute Gasteiger partial charge is 0.480 e. The molecule has 0 saturated heterocycles. The summed E-state index contributed by atoms with van der Waals surface area (Å²) in [5, 5.41) is 12.2. The number of hydrogen-bond acceptors (Lipinski definition) is 6. The van der Waals surface area contributed by atoms with Gasteiger partial charge in [-0.15, -0.1) is 0 Å². The fourth-order valence-electron chi connectivity index (χ4n) is 1.17. The average Bonchev–Trinajstić information content (AvgIpc) is 2.60. The third-order valence-corrected chi connectivity index (χ3v) is 2.68. The second kappa shape index (κ2) is 6.23. The third kappa shape index (κ3) is 5.56. The molecule has 112 valence electrons. The zero-order chi connectivity index (χ0) is 15.3. The molecule has 1 amide bonds. The quantitative estimate of drug-likeness (QED) is 0.658. The average molecular weight is 306 g/mol. The van der Waals surface area contributed by atoms with Gasteiger partial charge < -0.3 is 9.84 Å². The lowest BCUT2D eigenvalue weighted by Crippen LogP contribution is -2.36. The van der Waals surface area contributed by atoms with Gasteiger partial charge in [-0.05, 0) is 13.8 Å². The number of carboxylic acid groups (broad SMARTS) is 1. The molecule has 3 N–H and O–H groups in total. The fraction of sp³-hybridized carbons (Fsp3) is 0.444. The molecular weight excluding hydrogens is 292 g/mol. The van der Waals surface area contributed by atoms with E-state index in [1.54, 1.807) is 18.6 Å². The van der Waals surface area contributed by atoms with E-state index in [0.29, 0.717) is 0 Å². The first-order chi connectivity index (χ1) is 9.18. The first-order valence-electron chi connectivity index (χ1n) is 5.43. The van der Waals surface area contributed by atoms with E-state index in [9.17, 15) is 18.0 Å². The zero-order valence-electron chi connectivity index (χ0n) is 10.7. The summed E-state index contributed by atoms with van der Waals surface area (Å²) in [4.78, 5) is 21.6. The van der Waals surface area contributed by atoms with Crippen LogP contribution in [0.5, 0.6) is 0 Å². The molecule has 10 nitrogen and oxygen atoms in total. The molecule has 0 saturated carbocycles. The van der Waals surface area contributed by atoms with Gasteiger partial charge in [-0.1, -0.05) is 0 Å². The highest BCUT2D eigenvalue weighted by Crippen LogP contribution is 2.06. The van der Waals surface area contributed by atoms with E-state index in [0.717, 1.165) is 10.9 Å². The van der Waals surface area contributed by atoms with Crippen LogP contribution in [-0.4, -0.2) is 41.5 Å². The number of carboxylic acids is 1. The summed E-state index contributed by atoms with van der Waals surface area (Å²) >= 11 is 0. The summed E-state index contributed by atoms with van der Waals surface area (Å²) in [6.45, 7) is 2.72. The van der Waals surface area contributed by atoms with Crippen LogP contribution < -0.4 is 9.44 Å². The molecule has 0 radical (unpaired) electrons. The van der Waals surface area contributed by atoms with Crippen molar-refractivity contribution in [2.75, 3.05) is 4.72 Å². The molecule has 1 aromatic heterocycles. The molecule has 0 unspecified atom stereocenters. The minimum atomic E-state index is -4.17. The summed E-state index contributed by atoms with van der Waals surface area (Å²) in [7, 11) is -4.17. The lowest BCUT2D eigenvalue weighted by Gasteiger charge is -2.10. The molecule has 0 aliphatic heterocycles. The Bertz CT molecular complexity index is 593. The topological polar surface area (TPSA) is 140 Å². The Balaban J connectivity index is 2.64. The maximum Gasteiger partial charge on any atom is 0.422 e. The number of amides is 1. The Morgan fingerprint density at radius 3 is 2.70 bits per heavy atom. The predicted molar refractivity (Wildman–Crippen MR) is 67.2 cm³/mol. The number of aromatic nitrogens is 2. The number of nitrogens with one attached hydrogen (secondary N) is 2. The van der Waals surface area contributed by atoms with Crippen LogP contribution in [0.2, 0.25) is 0 Å². The molecule has 0 bridgehead atoms. The van der Waals surface area contributed by atoms with Crippen LogP contribution in [0, 0.1) is 0 Å². The molecule has 1 aromatic rings. The third-order valence-electron chi connectivity index (χ3n) is 1.74. The van der Waals surface area contributed by atoms with E-state index in [1.807, 2.05) is 4.72 Å². The number of carbonyl (C=O) groups is 2. The number of ether oxygens (including phenoxy) is 1. The van der Waals surface area contributed by atoms with Crippen LogP contribution in [0.25, 0.3) is 0 Å². The SMILES string of the molecule is CC(C)OC(=O)NS(=O)(=O)Nc1cnn(CC(=O)O)c1. The number of nitrogens with zero attached hydrogens (tertiary/aromatic N) is 2. The minimum absolute atomic E-state index is 0.0103. The van der Waals surface area contributed by atoms with Crippen molar-refractivity contribution < 1.29 is 27.9 Å². The van der Waals surface area contributed by atoms with Crippen molar-refractivity contribution in [3.63, 3.8) is 0 Å². The standard InChI is InChI=1S/C9H14N4O6S/c1-6(2)19-9(16)12-20(17,18)11-7-3-10-13(4-7)5-8(14)15/h3-4,6,11H,5H2,1-2H3,(H,12,16)(H,14,15). The van der Waals surface area contributed by atoms with Gasteiger partial charge in [0.15, 0.2) is 0 Å². The second-order valence-corrected chi connectivity index (χ2v) is 5.40. The van der Waals surface area contributed by atoms with Crippen LogP contribution in [0.4, 0.5) is 10.5 Å². The molecule has 20 heavy (non-hydrogen) atoms. The maximum atomic E-state index is 11.5. The Kier molecular flexibility index (Phi) is 4.91. The summed E-state index contributed by atoms with van der Waals surface area (Å²) in [5.41, 5.74) is 0.0103. The minimum Gasteiger partial charge on any atom is -0.480 e. The van der Waals surface area contributed by atoms with Crippen LogP contribution in [0.1, 0.15) is 13.8 Å². The summed E-state index contributed by atoms with van der Waals surface area (Å²) in [6, 6.07) is 0. The van der Waals surface area contributed by atoms with E-state index in [4.69, 9.17) is 5.11 Å². The summed E-state index contributed by atoms with van der Waals surface area (Å²) in [5.74, 6) is -1.12. The molecule has 11 heteroatoms. The van der Waals surface area contributed by atoms with Gasteiger partial charge in [0.05, 0.1) is 18.0 Å². The van der Waals surface area contributed by atoms with Gasteiger partial charge in [0.2, 0.25) is 0 Å². The first-order valence-corrected chi connectivity index (χ1v) is 6.91. The molecule has 1 rings (SSSR count). The monoisotopic (exact) mass is 306 g/mol. The maximum absolute atomic E-state index is 11.5. The molecule has 0 aromatic carbocycles. The molecule has 0 aliphatic carbocycles. The van der Waals surface area contributed by atoms with Crippen LogP contribution >= 0.6 is 0 Å². The van der Waals surface area contributed by atoms with Gasteiger partial charge in [0.1, 0.15) is 6.54 Å². The molecular formula is C9H14N4O6S. The van der Waals surface area contributed by atoms with Crippen molar-refractivity contribution in [2.24, 2.45) is 0 Å². The van der Waals surface area contributed by atoms with Crippen LogP contribution in [-0.2, 0) is 26.3 Å². The zero-order valence-corrected chi connectivity index (χ0v) is 11.5. The van der Waals surface area contributed by atoms with Crippen molar-refractivity contribution in [3.8, 4) is 0 Å². The molecule has 0 fully saturated rings. The van der Waals surface area contributed by atoms with Gasteiger partial charge >= 0.3 is 22.3 Å². The van der Waals surface area contributed by atoms with E-state index < -0.39 is 34.9 Å². The van der Waals surface area contributed by atoms with Crippen LogP contribution in [0.15, 0.2) is 12.4 Å². The number of aliphatic carboxylic acids is 1. The van der Waals surface area contributed by atoms with Crippen molar-refractivity contribution in [3.05, 3.63) is 12.4 Å². The molecule has 1 heterocycles. The van der Waals surface area contributed by atoms with Crippen LogP contribution in [0.3, 0.4) is 0 Å². The summed E-state index contributed by atoms with van der Waals surface area (Å²) < 4.78 is 32.4. The van der Waals surface area contributed by atoms with E-state index in [1.165, 1.54) is 6.20 Å². The number of anilines is 1. The number of carbonyl (C=O) groups excluding carboxylic acids is 1. The van der Waals surface area contributed by atoms with Gasteiger partial charge in [-0.3, -0.25) is 14.2 Å².